The summed E-state index contributed by atoms with van der Waals surface area (Å²) in [7, 11) is 3.01. The van der Waals surface area contributed by atoms with Gasteiger partial charge in [0.2, 0.25) is 0 Å². The van der Waals surface area contributed by atoms with Crippen LogP contribution in [0.25, 0.3) is 50.3 Å². The summed E-state index contributed by atoms with van der Waals surface area (Å²) in [5.74, 6) is 19.1. The number of amides is 6. The summed E-state index contributed by atoms with van der Waals surface area (Å²) in [6, 6.07) is 24.1. The lowest BCUT2D eigenvalue weighted by molar-refractivity contribution is -0.126. The second-order valence-electron chi connectivity index (χ2n) is 25.7. The normalized spacial score (nSPS) is 14.9. The third-order valence-corrected chi connectivity index (χ3v) is 19.5. The van der Waals surface area contributed by atoms with Crippen molar-refractivity contribution in [1.29, 1.82) is 0 Å². The maximum absolute atomic E-state index is 13.0. The lowest BCUT2D eigenvalue weighted by atomic mass is 10.1. The minimum atomic E-state index is -0.349. The highest BCUT2D eigenvalue weighted by atomic mass is 32.1. The highest BCUT2D eigenvalue weighted by Crippen LogP contribution is 2.42. The van der Waals surface area contributed by atoms with Crippen LogP contribution in [-0.4, -0.2) is 142 Å². The van der Waals surface area contributed by atoms with Crippen LogP contribution < -0.4 is 42.6 Å². The van der Waals surface area contributed by atoms with Gasteiger partial charge in [-0.15, -0.1) is 11.3 Å². The molecule has 9 N–H and O–H groups in total. The summed E-state index contributed by atoms with van der Waals surface area (Å²) in [5, 5.41) is 10.6. The summed E-state index contributed by atoms with van der Waals surface area (Å²) in [6.45, 7) is 10.7. The number of nitrogens with zero attached hydrogens (tertiary/aromatic N) is 15. The molecule has 3 aromatic carbocycles. The molecule has 12 heterocycles. The standard InChI is InChI=1S/C28H27N7O3.C27H25N7O2.C25H23N7O3S/c1-4-6-23(36)34-13-5-7-20(34)27-33-24(25-26(29)30-12-14-35(25)27)18-9-10-19(21(15-18)38-3)28(37)32-22-11-8-17(2)16-31-22;1-3-5-22(35)33-14-4-6-20(33)26-32-23(24-25(28)29-13-15-34(24)26)18-8-10-19(11-9-18)27(36)31-21-12-7-17(2)16-30-21;1-3-5-19(33)31-11-4-6-17(31)23-29-20(21-22(26)27-9-12-32(21)23)15-7-8-16(18(14-15)35-2)24(34)30-25-28-10-13-36-25/h8-12,14-16,20H,5,7,13H2,1-3H3,(H2,29,30)(H,31,32,37);7-13,15-16,20H,4,6,14H2,1-2H3,(H2,28,29)(H,30,31,36);7-10,12-14,17H,4,6,11H2,1-2H3,(H2,26,27)(H,28,30,34)/t2*20-;17-/m000/s1. The fourth-order valence-corrected chi connectivity index (χ4v) is 14.2. The first-order valence-corrected chi connectivity index (χ1v) is 36.0. The Bertz CT molecular complexity index is 5750. The van der Waals surface area contributed by atoms with Gasteiger partial charge < -0.3 is 52.0 Å². The van der Waals surface area contributed by atoms with Crippen molar-refractivity contribution >= 4 is 97.6 Å². The van der Waals surface area contributed by atoms with E-state index in [-0.39, 0.29) is 53.6 Å². The summed E-state index contributed by atoms with van der Waals surface area (Å²) in [5.41, 5.74) is 28.0. The molecule has 554 valence electrons. The molecule has 0 spiro atoms. The first-order chi connectivity index (χ1) is 53.4. The summed E-state index contributed by atoms with van der Waals surface area (Å²) in [4.78, 5) is 122. The molecule has 0 radical (unpaired) electrons. The molecule has 12 aromatic rings. The van der Waals surface area contributed by atoms with Crippen LogP contribution >= 0.6 is 11.3 Å². The van der Waals surface area contributed by atoms with Gasteiger partial charge in [-0.25, -0.2) is 44.9 Å². The molecular formula is C80H75N21O8S. The number of rotatable bonds is 14. The number of thiazole rings is 1. The topological polar surface area (TPSA) is 374 Å². The average molecular weight is 1490 g/mol. The number of hydrogen-bond donors (Lipinski definition) is 6. The summed E-state index contributed by atoms with van der Waals surface area (Å²) < 4.78 is 16.8. The number of aryl methyl sites for hydroxylation is 2. The van der Waals surface area contributed by atoms with Crippen molar-refractivity contribution in [2.75, 3.05) is 67.0 Å². The van der Waals surface area contributed by atoms with Gasteiger partial charge in [0, 0.05) is 103 Å². The molecule has 3 fully saturated rings. The SMILES string of the molecule is CC#CC(=O)N1CCC[C@H]1c1nc(-c2ccc(C(=O)Nc3ccc(C)cn3)c(OC)c2)c2c(N)nccn12.CC#CC(=O)N1CCC[C@H]1c1nc(-c2ccc(C(=O)Nc3ccc(C)cn3)cc2)c2c(N)nccn12.CC#CC(=O)N1CCC[C@H]1c1nc(-c2ccc(C(=O)Nc3nccs3)c(OC)c2)c2c(N)nccn12. The molecule has 0 unspecified atom stereocenters. The lowest BCUT2D eigenvalue weighted by Gasteiger charge is -2.21. The number of nitrogens with one attached hydrogen (secondary N) is 3. The number of ether oxygens (including phenoxy) is 2. The van der Waals surface area contributed by atoms with Crippen molar-refractivity contribution in [3.8, 4) is 80.8 Å². The van der Waals surface area contributed by atoms with Crippen molar-refractivity contribution in [1.82, 2.24) is 72.8 Å². The Balaban J connectivity index is 0.000000145. The maximum Gasteiger partial charge on any atom is 0.299 e. The van der Waals surface area contributed by atoms with Crippen molar-refractivity contribution in [2.24, 2.45) is 0 Å². The van der Waals surface area contributed by atoms with Crippen LogP contribution in [0.5, 0.6) is 11.5 Å². The van der Waals surface area contributed by atoms with Gasteiger partial charge in [0.15, 0.2) is 5.13 Å². The Morgan fingerprint density at radius 2 is 0.845 bits per heavy atom. The van der Waals surface area contributed by atoms with E-state index >= 15 is 0 Å². The van der Waals surface area contributed by atoms with Crippen LogP contribution in [0.4, 0.5) is 34.2 Å². The van der Waals surface area contributed by atoms with E-state index in [1.165, 1.54) is 25.6 Å². The monoisotopic (exact) mass is 1490 g/mol. The van der Waals surface area contributed by atoms with Gasteiger partial charge in [-0.2, -0.15) is 0 Å². The Hall–Kier alpha value is -14.1. The first-order valence-electron chi connectivity index (χ1n) is 35.1. The van der Waals surface area contributed by atoms with Crippen LogP contribution in [0.3, 0.4) is 0 Å². The quantitative estimate of drug-likeness (QED) is 0.0551. The average Bonchev–Trinajstić information content (AvgIpc) is 1.61. The van der Waals surface area contributed by atoms with E-state index in [1.54, 1.807) is 157 Å². The van der Waals surface area contributed by atoms with Crippen molar-refractivity contribution < 1.29 is 38.2 Å². The number of pyridine rings is 2. The van der Waals surface area contributed by atoms with E-state index in [2.05, 4.69) is 81.4 Å². The molecule has 29 nitrogen and oxygen atoms in total. The van der Waals surface area contributed by atoms with Crippen LogP contribution in [0, 0.1) is 49.4 Å². The summed E-state index contributed by atoms with van der Waals surface area (Å²) >= 11 is 1.33. The van der Waals surface area contributed by atoms with E-state index in [1.807, 2.05) is 51.3 Å². The fraction of sp³-hybridized carbons (Fsp3) is 0.237. The van der Waals surface area contributed by atoms with E-state index in [0.29, 0.717) is 144 Å². The number of imidazole rings is 3. The highest BCUT2D eigenvalue weighted by molar-refractivity contribution is 7.13. The van der Waals surface area contributed by atoms with Gasteiger partial charge in [0.05, 0.1) is 43.5 Å². The van der Waals surface area contributed by atoms with Gasteiger partial charge in [-0.1, -0.05) is 54.2 Å². The predicted molar refractivity (Wildman–Crippen MR) is 417 cm³/mol. The Morgan fingerprint density at radius 3 is 1.21 bits per heavy atom. The number of hydrogen-bond acceptors (Lipinski definition) is 21. The molecular weight excluding hydrogens is 1420 g/mol. The number of fused-ring (bicyclic) bond motifs is 3. The maximum atomic E-state index is 13.0. The van der Waals surface area contributed by atoms with Gasteiger partial charge in [-0.05, 0) is 151 Å². The number of likely N-dealkylation sites (tertiary alicyclic amines) is 3. The van der Waals surface area contributed by atoms with E-state index in [0.717, 1.165) is 55.2 Å². The number of nitrogen functional groups attached to an aromatic ring is 3. The molecule has 3 atom stereocenters. The van der Waals surface area contributed by atoms with Gasteiger partial charge in [-0.3, -0.25) is 47.3 Å². The molecule has 9 aromatic heterocycles. The molecule has 3 saturated heterocycles. The van der Waals surface area contributed by atoms with E-state index in [4.69, 9.17) is 41.6 Å². The largest absolute Gasteiger partial charge is 0.496 e. The zero-order chi connectivity index (χ0) is 77.3. The van der Waals surface area contributed by atoms with Crippen molar-refractivity contribution in [3.05, 3.63) is 191 Å². The van der Waals surface area contributed by atoms with Crippen LogP contribution in [0.1, 0.15) is 137 Å². The van der Waals surface area contributed by atoms with Crippen LogP contribution in [-0.2, 0) is 14.4 Å². The molecule has 6 amide bonds. The van der Waals surface area contributed by atoms with Crippen LogP contribution in [0.2, 0.25) is 0 Å². The Kier molecular flexibility index (Phi) is 22.1. The molecule has 30 heteroatoms. The number of anilines is 6. The minimum absolute atomic E-state index is 0.209. The Labute approximate surface area is 635 Å². The second-order valence-corrected chi connectivity index (χ2v) is 26.6. The minimum Gasteiger partial charge on any atom is -0.496 e. The zero-order valence-corrected chi connectivity index (χ0v) is 61.9. The number of benzene rings is 3. The molecule has 0 saturated carbocycles. The summed E-state index contributed by atoms with van der Waals surface area (Å²) in [6.07, 6.45) is 20.1. The number of nitrogens with two attached hydrogens (primary N) is 3. The molecule has 0 aliphatic carbocycles. The van der Waals surface area contributed by atoms with E-state index in [9.17, 15) is 28.8 Å². The Morgan fingerprint density at radius 1 is 0.464 bits per heavy atom. The molecule has 0 bridgehead atoms. The third-order valence-electron chi connectivity index (χ3n) is 18.8. The molecule has 15 rings (SSSR count). The van der Waals surface area contributed by atoms with Crippen molar-refractivity contribution in [3.63, 3.8) is 0 Å². The number of carbonyl (C=O) groups is 6. The van der Waals surface area contributed by atoms with E-state index < -0.39 is 0 Å². The number of aromatic nitrogens is 12. The smallest absolute Gasteiger partial charge is 0.299 e. The molecule has 110 heavy (non-hydrogen) atoms. The highest BCUT2D eigenvalue weighted by Gasteiger charge is 2.37. The third kappa shape index (κ3) is 15.4. The fourth-order valence-electron chi connectivity index (χ4n) is 13.7. The van der Waals surface area contributed by atoms with Crippen molar-refractivity contribution in [2.45, 2.75) is 91.3 Å². The van der Waals surface area contributed by atoms with Gasteiger partial charge in [0.25, 0.3) is 35.4 Å². The number of carbonyl (C=O) groups excluding carboxylic acids is 6. The molecule has 3 aliphatic rings. The lowest BCUT2D eigenvalue weighted by Crippen LogP contribution is -2.30. The predicted octanol–water partition coefficient (Wildman–Crippen LogP) is 10.6. The van der Waals surface area contributed by atoms with Gasteiger partial charge >= 0.3 is 0 Å². The second kappa shape index (κ2) is 32.8. The molecule has 3 aliphatic heterocycles. The zero-order valence-electron chi connectivity index (χ0n) is 61.1. The first kappa shape index (κ1) is 74.2. The van der Waals surface area contributed by atoms with Crippen LogP contribution in [0.15, 0.2) is 146 Å². The van der Waals surface area contributed by atoms with Gasteiger partial charge in [0.1, 0.15) is 91.7 Å². The number of methoxy groups -OCH3 is 2.